The third-order valence-corrected chi connectivity index (χ3v) is 3.89. The fraction of sp³-hybridized carbons (Fsp3) is 0.316. The first-order chi connectivity index (χ1) is 10.9. The van der Waals surface area contributed by atoms with E-state index in [-0.39, 0.29) is 11.7 Å². The summed E-state index contributed by atoms with van der Waals surface area (Å²) in [6.45, 7) is 4.66. The van der Waals surface area contributed by atoms with Gasteiger partial charge in [0, 0.05) is 7.05 Å². The maximum absolute atomic E-state index is 12.8. The van der Waals surface area contributed by atoms with Gasteiger partial charge in [0.1, 0.15) is 18.2 Å². The van der Waals surface area contributed by atoms with Crippen LogP contribution in [-0.4, -0.2) is 31.0 Å². The average molecular weight is 315 g/mol. The van der Waals surface area contributed by atoms with Crippen molar-refractivity contribution < 1.29 is 13.9 Å². The topological polar surface area (TPSA) is 29.5 Å². The van der Waals surface area contributed by atoms with Crippen molar-refractivity contribution in [2.24, 2.45) is 0 Å². The Labute approximate surface area is 136 Å². The van der Waals surface area contributed by atoms with Crippen molar-refractivity contribution >= 4 is 5.91 Å². The predicted octanol–water partition coefficient (Wildman–Crippen LogP) is 3.64. The molecule has 0 N–H and O–H groups in total. The summed E-state index contributed by atoms with van der Waals surface area (Å²) in [6.07, 6.45) is 0. The van der Waals surface area contributed by atoms with Crippen LogP contribution in [0.3, 0.4) is 0 Å². The summed E-state index contributed by atoms with van der Waals surface area (Å²) in [6, 6.07) is 15.6. The van der Waals surface area contributed by atoms with Crippen LogP contribution in [0.15, 0.2) is 54.6 Å². The molecule has 0 spiro atoms. The maximum Gasteiger partial charge on any atom is 0.232 e. The van der Waals surface area contributed by atoms with Crippen LogP contribution in [-0.2, 0) is 10.2 Å². The number of hydrogen-bond donors (Lipinski definition) is 0. The lowest BCUT2D eigenvalue weighted by Crippen LogP contribution is -2.42. The van der Waals surface area contributed by atoms with Crippen LogP contribution in [0.25, 0.3) is 0 Å². The third-order valence-electron chi connectivity index (χ3n) is 3.89. The van der Waals surface area contributed by atoms with Crippen molar-refractivity contribution in [2.75, 3.05) is 20.2 Å². The zero-order valence-electron chi connectivity index (χ0n) is 13.8. The van der Waals surface area contributed by atoms with E-state index in [0.29, 0.717) is 18.9 Å². The number of ether oxygens (including phenoxy) is 1. The molecule has 2 aromatic carbocycles. The normalized spacial score (nSPS) is 11.1. The van der Waals surface area contributed by atoms with Crippen molar-refractivity contribution in [3.05, 3.63) is 66.0 Å². The fourth-order valence-corrected chi connectivity index (χ4v) is 2.39. The molecule has 0 saturated heterocycles. The fourth-order valence-electron chi connectivity index (χ4n) is 2.39. The highest BCUT2D eigenvalue weighted by atomic mass is 19.1. The van der Waals surface area contributed by atoms with Gasteiger partial charge < -0.3 is 9.64 Å². The van der Waals surface area contributed by atoms with E-state index in [2.05, 4.69) is 0 Å². The molecule has 0 atom stereocenters. The zero-order valence-corrected chi connectivity index (χ0v) is 13.8. The minimum atomic E-state index is -0.591. The zero-order chi connectivity index (χ0) is 16.9. The van der Waals surface area contributed by atoms with Crippen LogP contribution >= 0.6 is 0 Å². The summed E-state index contributed by atoms with van der Waals surface area (Å²) in [5.74, 6) is 0.329. The van der Waals surface area contributed by atoms with Gasteiger partial charge in [-0.3, -0.25) is 4.79 Å². The highest BCUT2D eigenvalue weighted by Crippen LogP contribution is 2.25. The van der Waals surface area contributed by atoms with E-state index in [4.69, 9.17) is 4.74 Å². The second-order valence-corrected chi connectivity index (χ2v) is 6.02. The van der Waals surface area contributed by atoms with E-state index < -0.39 is 5.41 Å². The summed E-state index contributed by atoms with van der Waals surface area (Å²) in [5, 5.41) is 0. The quantitative estimate of drug-likeness (QED) is 0.814. The molecule has 0 aliphatic carbocycles. The monoisotopic (exact) mass is 315 g/mol. The Kier molecular flexibility index (Phi) is 5.37. The molecule has 2 rings (SSSR count). The van der Waals surface area contributed by atoms with Gasteiger partial charge in [-0.05, 0) is 43.7 Å². The molecule has 0 aliphatic rings. The van der Waals surface area contributed by atoms with Crippen molar-refractivity contribution in [2.45, 2.75) is 19.3 Å². The van der Waals surface area contributed by atoms with Gasteiger partial charge in [-0.15, -0.1) is 0 Å². The average Bonchev–Trinajstić information content (AvgIpc) is 2.56. The lowest BCUT2D eigenvalue weighted by atomic mass is 9.83. The summed E-state index contributed by atoms with van der Waals surface area (Å²) >= 11 is 0. The molecule has 0 aromatic heterocycles. The van der Waals surface area contributed by atoms with Crippen molar-refractivity contribution in [1.29, 1.82) is 0 Å². The molecule has 0 fully saturated rings. The molecule has 0 heterocycles. The molecule has 2 aromatic rings. The molecule has 4 heteroatoms. The molecule has 23 heavy (non-hydrogen) atoms. The van der Waals surface area contributed by atoms with Crippen LogP contribution in [0.2, 0.25) is 0 Å². The number of carbonyl (C=O) groups excluding carboxylic acids is 1. The Hall–Kier alpha value is -2.36. The number of rotatable bonds is 6. The van der Waals surface area contributed by atoms with Crippen LogP contribution < -0.4 is 4.74 Å². The van der Waals surface area contributed by atoms with Gasteiger partial charge >= 0.3 is 0 Å². The van der Waals surface area contributed by atoms with Gasteiger partial charge in [-0.25, -0.2) is 4.39 Å². The molecule has 0 saturated carbocycles. The highest BCUT2D eigenvalue weighted by Gasteiger charge is 2.32. The summed E-state index contributed by atoms with van der Waals surface area (Å²) < 4.78 is 18.4. The number of carbonyl (C=O) groups is 1. The number of hydrogen-bond acceptors (Lipinski definition) is 2. The van der Waals surface area contributed by atoms with Crippen LogP contribution in [0, 0.1) is 5.82 Å². The molecule has 0 bridgehead atoms. The van der Waals surface area contributed by atoms with Crippen molar-refractivity contribution in [1.82, 2.24) is 4.90 Å². The molecule has 122 valence electrons. The molecule has 3 nitrogen and oxygen atoms in total. The minimum Gasteiger partial charge on any atom is -0.492 e. The summed E-state index contributed by atoms with van der Waals surface area (Å²) in [7, 11) is 1.76. The molecule has 0 radical (unpaired) electrons. The largest absolute Gasteiger partial charge is 0.492 e. The maximum atomic E-state index is 12.8. The Morgan fingerprint density at radius 2 is 1.70 bits per heavy atom. The van der Waals surface area contributed by atoms with Gasteiger partial charge in [-0.2, -0.15) is 0 Å². The van der Waals surface area contributed by atoms with Gasteiger partial charge in [0.25, 0.3) is 0 Å². The Morgan fingerprint density at radius 1 is 1.09 bits per heavy atom. The van der Waals surface area contributed by atoms with Crippen molar-refractivity contribution in [3.8, 4) is 5.75 Å². The van der Waals surface area contributed by atoms with Gasteiger partial charge in [0.05, 0.1) is 12.0 Å². The molecular weight excluding hydrogens is 293 g/mol. The number of amides is 1. The van der Waals surface area contributed by atoms with Crippen LogP contribution in [0.1, 0.15) is 19.4 Å². The Balaban J connectivity index is 1.91. The van der Waals surface area contributed by atoms with E-state index in [1.165, 1.54) is 12.1 Å². The number of likely N-dealkylation sites (N-methyl/N-ethyl adjacent to an activating group) is 1. The first kappa shape index (κ1) is 17.0. The second kappa shape index (κ2) is 7.27. The highest BCUT2D eigenvalue weighted by molar-refractivity contribution is 5.87. The summed E-state index contributed by atoms with van der Waals surface area (Å²) in [5.41, 5.74) is 0.391. The van der Waals surface area contributed by atoms with E-state index >= 15 is 0 Å². The number of halogens is 1. The van der Waals surface area contributed by atoms with E-state index in [0.717, 1.165) is 5.56 Å². The number of benzene rings is 2. The number of nitrogens with zero attached hydrogens (tertiary/aromatic N) is 1. The standard InChI is InChI=1S/C19H22FNO2/c1-19(2,15-7-5-4-6-8-15)18(22)21(3)13-14-23-17-11-9-16(20)10-12-17/h4-12H,13-14H2,1-3H3. The van der Waals surface area contributed by atoms with E-state index in [1.807, 2.05) is 44.2 Å². The van der Waals surface area contributed by atoms with E-state index in [9.17, 15) is 9.18 Å². The third kappa shape index (κ3) is 4.31. The Morgan fingerprint density at radius 3 is 2.30 bits per heavy atom. The second-order valence-electron chi connectivity index (χ2n) is 6.02. The Bertz CT molecular complexity index is 638. The molecule has 0 unspecified atom stereocenters. The van der Waals surface area contributed by atoms with Gasteiger partial charge in [-0.1, -0.05) is 30.3 Å². The molecule has 0 aliphatic heterocycles. The van der Waals surface area contributed by atoms with Gasteiger partial charge in [0.15, 0.2) is 0 Å². The smallest absolute Gasteiger partial charge is 0.232 e. The lowest BCUT2D eigenvalue weighted by molar-refractivity contribution is -0.135. The molecule has 1 amide bonds. The SMILES string of the molecule is CN(CCOc1ccc(F)cc1)C(=O)C(C)(C)c1ccccc1. The van der Waals surface area contributed by atoms with E-state index in [1.54, 1.807) is 24.1 Å². The van der Waals surface area contributed by atoms with Crippen molar-refractivity contribution in [3.63, 3.8) is 0 Å². The first-order valence-electron chi connectivity index (χ1n) is 7.61. The van der Waals surface area contributed by atoms with Crippen LogP contribution in [0.4, 0.5) is 4.39 Å². The lowest BCUT2D eigenvalue weighted by Gasteiger charge is -2.29. The predicted molar refractivity (Wildman–Crippen MR) is 89.0 cm³/mol. The molecular formula is C19H22FNO2. The van der Waals surface area contributed by atoms with Crippen LogP contribution in [0.5, 0.6) is 5.75 Å². The minimum absolute atomic E-state index is 0.0337. The van der Waals surface area contributed by atoms with Gasteiger partial charge in [0.2, 0.25) is 5.91 Å². The summed E-state index contributed by atoms with van der Waals surface area (Å²) in [4.78, 5) is 14.3. The first-order valence-corrected chi connectivity index (χ1v) is 7.61.